The second-order valence-corrected chi connectivity index (χ2v) is 10.3. The molecule has 6 nitrogen and oxygen atoms in total. The summed E-state index contributed by atoms with van der Waals surface area (Å²) in [5.74, 6) is 0.659. The molecule has 2 aliphatic heterocycles. The highest BCUT2D eigenvalue weighted by Gasteiger charge is 2.33. The topological polar surface area (TPSA) is 66.9 Å². The van der Waals surface area contributed by atoms with Crippen LogP contribution in [0.25, 0.3) is 0 Å². The fourth-order valence-electron chi connectivity index (χ4n) is 4.70. The van der Waals surface area contributed by atoms with Crippen LogP contribution in [-0.4, -0.2) is 49.8 Å². The number of hydrogen-bond donors (Lipinski definition) is 0. The Balaban J connectivity index is 1.58. The molecule has 7 heteroatoms. The molecule has 2 aliphatic rings. The molecule has 2 aromatic carbocycles. The van der Waals surface area contributed by atoms with Crippen molar-refractivity contribution in [2.45, 2.75) is 56.0 Å². The molecule has 2 fully saturated rings. The second kappa shape index (κ2) is 9.01. The Hall–Kier alpha value is -2.38. The summed E-state index contributed by atoms with van der Waals surface area (Å²) in [6.45, 7) is 3.15. The van der Waals surface area contributed by atoms with Gasteiger partial charge in [0.1, 0.15) is 5.75 Å². The van der Waals surface area contributed by atoms with Gasteiger partial charge in [0.2, 0.25) is 10.0 Å². The summed E-state index contributed by atoms with van der Waals surface area (Å²) >= 11 is 0. The lowest BCUT2D eigenvalue weighted by atomic mass is 10.0. The molecule has 0 aliphatic carbocycles. The first-order chi connectivity index (χ1) is 14.9. The Labute approximate surface area is 184 Å². The van der Waals surface area contributed by atoms with Gasteiger partial charge in [0.15, 0.2) is 0 Å². The van der Waals surface area contributed by atoms with Crippen LogP contribution >= 0.6 is 0 Å². The fourth-order valence-corrected chi connectivity index (χ4v) is 6.45. The Morgan fingerprint density at radius 1 is 1.00 bits per heavy atom. The standard InChI is InChI=1S/C24H30N2O4S/c1-18-7-3-4-16-26(18)31(28,29)22-9-5-8-20(17-22)24(27)25-15-6-10-23(25)19-11-13-21(30-2)14-12-19/h5,8-9,11-14,17-18,23H,3-4,6-7,10,15-16H2,1-2H3. The lowest BCUT2D eigenvalue weighted by Crippen LogP contribution is -2.42. The molecule has 2 aromatic rings. The molecule has 0 N–H and O–H groups in total. The number of carbonyl (C=O) groups excluding carboxylic acids is 1. The molecule has 1 amide bonds. The number of methoxy groups -OCH3 is 1. The second-order valence-electron chi connectivity index (χ2n) is 8.42. The number of likely N-dealkylation sites (tertiary alicyclic amines) is 1. The first-order valence-corrected chi connectivity index (χ1v) is 12.4. The van der Waals surface area contributed by atoms with Crippen LogP contribution in [0.15, 0.2) is 53.4 Å². The van der Waals surface area contributed by atoms with Crippen LogP contribution in [0.2, 0.25) is 0 Å². The van der Waals surface area contributed by atoms with Crippen LogP contribution in [0.4, 0.5) is 0 Å². The van der Waals surface area contributed by atoms with E-state index in [1.54, 1.807) is 35.7 Å². The summed E-state index contributed by atoms with van der Waals surface area (Å²) in [5.41, 5.74) is 1.49. The molecule has 4 rings (SSSR count). The number of sulfonamides is 1. The minimum Gasteiger partial charge on any atom is -0.497 e. The molecule has 2 saturated heterocycles. The molecule has 166 valence electrons. The fraction of sp³-hybridized carbons (Fsp3) is 0.458. The molecule has 31 heavy (non-hydrogen) atoms. The zero-order chi connectivity index (χ0) is 22.0. The van der Waals surface area contributed by atoms with Crippen molar-refractivity contribution in [2.75, 3.05) is 20.2 Å². The minimum absolute atomic E-state index is 0.0132. The number of hydrogen-bond acceptors (Lipinski definition) is 4. The van der Waals surface area contributed by atoms with Crippen molar-refractivity contribution in [3.05, 3.63) is 59.7 Å². The lowest BCUT2D eigenvalue weighted by Gasteiger charge is -2.32. The van der Waals surface area contributed by atoms with E-state index in [1.807, 2.05) is 36.1 Å². The zero-order valence-electron chi connectivity index (χ0n) is 18.2. The molecule has 0 radical (unpaired) electrons. The summed E-state index contributed by atoms with van der Waals surface area (Å²) in [6, 6.07) is 14.3. The molecular formula is C24H30N2O4S. The third-order valence-corrected chi connectivity index (χ3v) is 8.45. The van der Waals surface area contributed by atoms with Crippen LogP contribution in [0, 0.1) is 0 Å². The van der Waals surface area contributed by atoms with Crippen LogP contribution in [0.5, 0.6) is 5.75 Å². The number of nitrogens with zero attached hydrogens (tertiary/aromatic N) is 2. The van der Waals surface area contributed by atoms with Gasteiger partial charge in [-0.1, -0.05) is 24.6 Å². The van der Waals surface area contributed by atoms with E-state index in [2.05, 4.69) is 0 Å². The maximum absolute atomic E-state index is 13.4. The van der Waals surface area contributed by atoms with Crippen molar-refractivity contribution in [3.63, 3.8) is 0 Å². The zero-order valence-corrected chi connectivity index (χ0v) is 19.0. The molecule has 0 bridgehead atoms. The summed E-state index contributed by atoms with van der Waals surface area (Å²) in [4.78, 5) is 15.4. The summed E-state index contributed by atoms with van der Waals surface area (Å²) in [5, 5.41) is 0. The van der Waals surface area contributed by atoms with Crippen LogP contribution in [0.3, 0.4) is 0 Å². The number of piperidine rings is 1. The Bertz CT molecular complexity index is 1040. The van der Waals surface area contributed by atoms with Gasteiger partial charge in [-0.05, 0) is 68.5 Å². The van der Waals surface area contributed by atoms with Gasteiger partial charge in [-0.2, -0.15) is 4.31 Å². The third-order valence-electron chi connectivity index (χ3n) is 6.44. The molecule has 0 saturated carbocycles. The Kier molecular flexibility index (Phi) is 6.34. The first kappa shape index (κ1) is 21.8. The Morgan fingerprint density at radius 2 is 1.77 bits per heavy atom. The van der Waals surface area contributed by atoms with Gasteiger partial charge in [-0.15, -0.1) is 0 Å². The van der Waals surface area contributed by atoms with E-state index >= 15 is 0 Å². The molecular weight excluding hydrogens is 412 g/mol. The van der Waals surface area contributed by atoms with Crippen LogP contribution < -0.4 is 4.74 Å². The van der Waals surface area contributed by atoms with Crippen molar-refractivity contribution < 1.29 is 17.9 Å². The van der Waals surface area contributed by atoms with Crippen molar-refractivity contribution in [3.8, 4) is 5.75 Å². The third kappa shape index (κ3) is 4.34. The van der Waals surface area contributed by atoms with Gasteiger partial charge in [0.05, 0.1) is 18.0 Å². The van der Waals surface area contributed by atoms with E-state index in [-0.39, 0.29) is 22.9 Å². The van der Waals surface area contributed by atoms with E-state index in [9.17, 15) is 13.2 Å². The molecule has 0 spiro atoms. The minimum atomic E-state index is -3.62. The van der Waals surface area contributed by atoms with Gasteiger partial charge in [0.25, 0.3) is 5.91 Å². The summed E-state index contributed by atoms with van der Waals surface area (Å²) < 4.78 is 33.3. The summed E-state index contributed by atoms with van der Waals surface area (Å²) in [7, 11) is -1.98. The van der Waals surface area contributed by atoms with Gasteiger partial charge in [0, 0.05) is 24.7 Å². The average Bonchev–Trinajstić information content (AvgIpc) is 3.29. The van der Waals surface area contributed by atoms with Gasteiger partial charge in [-0.25, -0.2) is 8.42 Å². The highest BCUT2D eigenvalue weighted by molar-refractivity contribution is 7.89. The highest BCUT2D eigenvalue weighted by atomic mass is 32.2. The van der Waals surface area contributed by atoms with Gasteiger partial charge in [-0.3, -0.25) is 4.79 Å². The van der Waals surface area contributed by atoms with Crippen molar-refractivity contribution in [2.24, 2.45) is 0 Å². The molecule has 2 heterocycles. The van der Waals surface area contributed by atoms with E-state index in [1.165, 1.54) is 0 Å². The van der Waals surface area contributed by atoms with Crippen LogP contribution in [0.1, 0.15) is 61.0 Å². The largest absolute Gasteiger partial charge is 0.497 e. The predicted molar refractivity (Wildman–Crippen MR) is 120 cm³/mol. The number of benzene rings is 2. The SMILES string of the molecule is COc1ccc(C2CCCN2C(=O)c2cccc(S(=O)(=O)N3CCCCC3C)c2)cc1. The quantitative estimate of drug-likeness (QED) is 0.695. The van der Waals surface area contributed by atoms with Crippen molar-refractivity contribution in [1.29, 1.82) is 0 Å². The van der Waals surface area contributed by atoms with E-state index in [0.717, 1.165) is 43.4 Å². The number of rotatable bonds is 5. The normalized spacial score (nSPS) is 22.5. The molecule has 0 aromatic heterocycles. The highest BCUT2D eigenvalue weighted by Crippen LogP contribution is 2.34. The number of carbonyl (C=O) groups is 1. The van der Waals surface area contributed by atoms with Crippen molar-refractivity contribution in [1.82, 2.24) is 9.21 Å². The maximum Gasteiger partial charge on any atom is 0.254 e. The number of amides is 1. The summed E-state index contributed by atoms with van der Waals surface area (Å²) in [6.07, 6.45) is 4.61. The predicted octanol–water partition coefficient (Wildman–Crippen LogP) is 4.24. The lowest BCUT2D eigenvalue weighted by molar-refractivity contribution is 0.0735. The molecule has 2 atom stereocenters. The monoisotopic (exact) mass is 442 g/mol. The van der Waals surface area contributed by atoms with Gasteiger partial charge < -0.3 is 9.64 Å². The van der Waals surface area contributed by atoms with Crippen molar-refractivity contribution >= 4 is 15.9 Å². The first-order valence-electron chi connectivity index (χ1n) is 11.0. The van der Waals surface area contributed by atoms with Crippen LogP contribution in [-0.2, 0) is 10.0 Å². The molecule has 2 unspecified atom stereocenters. The maximum atomic E-state index is 13.4. The van der Waals surface area contributed by atoms with Gasteiger partial charge >= 0.3 is 0 Å². The van der Waals surface area contributed by atoms with E-state index < -0.39 is 10.0 Å². The number of ether oxygens (including phenoxy) is 1. The smallest absolute Gasteiger partial charge is 0.254 e. The van der Waals surface area contributed by atoms with E-state index in [4.69, 9.17) is 4.74 Å². The average molecular weight is 443 g/mol. The van der Waals surface area contributed by atoms with E-state index in [0.29, 0.717) is 18.7 Å². The Morgan fingerprint density at radius 3 is 2.48 bits per heavy atom.